The lowest BCUT2D eigenvalue weighted by Crippen LogP contribution is -2.13. The molecule has 0 bridgehead atoms. The maximum absolute atomic E-state index is 12.0. The minimum absolute atomic E-state index is 0.0852. The molecular weight excluding hydrogens is 262 g/mol. The third kappa shape index (κ3) is 5.25. The second-order valence-corrected chi connectivity index (χ2v) is 6.39. The van der Waals surface area contributed by atoms with Gasteiger partial charge in [0.25, 0.3) is 0 Å². The van der Waals surface area contributed by atoms with E-state index >= 15 is 0 Å². The van der Waals surface area contributed by atoms with Gasteiger partial charge in [-0.25, -0.2) is 8.42 Å². The van der Waals surface area contributed by atoms with Crippen molar-refractivity contribution in [3.05, 3.63) is 42.0 Å². The lowest BCUT2D eigenvalue weighted by atomic mass is 10.2. The van der Waals surface area contributed by atoms with Crippen molar-refractivity contribution in [2.45, 2.75) is 18.2 Å². The zero-order valence-electron chi connectivity index (χ0n) is 10.9. The van der Waals surface area contributed by atoms with Crippen molar-refractivity contribution in [3.8, 4) is 6.07 Å². The maximum atomic E-state index is 12.0. The molecule has 4 nitrogen and oxygen atoms in total. The van der Waals surface area contributed by atoms with Crippen molar-refractivity contribution in [1.82, 2.24) is 0 Å². The summed E-state index contributed by atoms with van der Waals surface area (Å²) in [4.78, 5) is 0.162. The van der Waals surface area contributed by atoms with E-state index in [1.54, 1.807) is 12.1 Å². The highest BCUT2D eigenvalue weighted by molar-refractivity contribution is 7.91. The van der Waals surface area contributed by atoms with Crippen molar-refractivity contribution in [2.75, 3.05) is 19.0 Å². The van der Waals surface area contributed by atoms with Crippen LogP contribution in [0.15, 0.2) is 41.3 Å². The van der Waals surface area contributed by atoms with E-state index in [0.29, 0.717) is 12.2 Å². The largest absolute Gasteiger partial charge is 0.380 e. The monoisotopic (exact) mass is 279 g/mol. The Morgan fingerprint density at radius 2 is 2.16 bits per heavy atom. The Bertz CT molecular complexity index is 585. The SMILES string of the molecule is C=C(C)CCOCCS(=O)(=O)c1cccc(C#N)c1. The Morgan fingerprint density at radius 1 is 1.42 bits per heavy atom. The summed E-state index contributed by atoms with van der Waals surface area (Å²) in [6, 6.07) is 7.93. The van der Waals surface area contributed by atoms with Crippen molar-refractivity contribution in [2.24, 2.45) is 0 Å². The van der Waals surface area contributed by atoms with Gasteiger partial charge in [0.2, 0.25) is 0 Å². The normalized spacial score (nSPS) is 10.9. The topological polar surface area (TPSA) is 67.2 Å². The smallest absolute Gasteiger partial charge is 0.180 e. The predicted molar refractivity (Wildman–Crippen MR) is 73.5 cm³/mol. The highest BCUT2D eigenvalue weighted by Crippen LogP contribution is 2.13. The minimum Gasteiger partial charge on any atom is -0.380 e. The molecule has 1 rings (SSSR count). The first-order valence-corrected chi connectivity index (χ1v) is 7.56. The molecular formula is C14H17NO3S. The summed E-state index contributed by atoms with van der Waals surface area (Å²) >= 11 is 0. The number of hydrogen-bond acceptors (Lipinski definition) is 4. The summed E-state index contributed by atoms with van der Waals surface area (Å²) < 4.78 is 29.2. The molecule has 0 radical (unpaired) electrons. The van der Waals surface area contributed by atoms with Crippen LogP contribution in [0.5, 0.6) is 0 Å². The molecule has 0 atom stereocenters. The molecule has 0 aliphatic carbocycles. The van der Waals surface area contributed by atoms with E-state index in [9.17, 15) is 8.42 Å². The molecule has 5 heteroatoms. The fraction of sp³-hybridized carbons (Fsp3) is 0.357. The molecule has 0 aromatic heterocycles. The van der Waals surface area contributed by atoms with Crippen LogP contribution in [0.4, 0.5) is 0 Å². The van der Waals surface area contributed by atoms with E-state index in [2.05, 4.69) is 6.58 Å². The second-order valence-electron chi connectivity index (χ2n) is 4.28. The molecule has 0 aliphatic rings. The van der Waals surface area contributed by atoms with Crippen LogP contribution < -0.4 is 0 Å². The van der Waals surface area contributed by atoms with Crippen molar-refractivity contribution < 1.29 is 13.2 Å². The summed E-state index contributed by atoms with van der Waals surface area (Å²) in [5, 5.41) is 8.75. The summed E-state index contributed by atoms with van der Waals surface area (Å²) in [7, 11) is -3.39. The van der Waals surface area contributed by atoms with Gasteiger partial charge in [-0.15, -0.1) is 6.58 Å². The van der Waals surface area contributed by atoms with Crippen LogP contribution in [-0.2, 0) is 14.6 Å². The fourth-order valence-electron chi connectivity index (χ4n) is 1.39. The highest BCUT2D eigenvalue weighted by Gasteiger charge is 2.14. The van der Waals surface area contributed by atoms with E-state index in [4.69, 9.17) is 10.00 Å². The Balaban J connectivity index is 2.56. The van der Waals surface area contributed by atoms with E-state index in [1.807, 2.05) is 13.0 Å². The van der Waals surface area contributed by atoms with Gasteiger partial charge in [-0.2, -0.15) is 5.26 Å². The molecule has 19 heavy (non-hydrogen) atoms. The van der Waals surface area contributed by atoms with Crippen LogP contribution in [0, 0.1) is 11.3 Å². The molecule has 1 aromatic carbocycles. The minimum atomic E-state index is -3.39. The quantitative estimate of drug-likeness (QED) is 0.567. The molecule has 1 aromatic rings. The average molecular weight is 279 g/mol. The maximum Gasteiger partial charge on any atom is 0.180 e. The molecule has 0 fully saturated rings. The number of nitrogens with zero attached hydrogens (tertiary/aromatic N) is 1. The molecule has 0 unspecified atom stereocenters. The summed E-state index contributed by atoms with van der Waals surface area (Å²) in [5.74, 6) is -0.0852. The van der Waals surface area contributed by atoms with E-state index < -0.39 is 9.84 Å². The summed E-state index contributed by atoms with van der Waals surface area (Å²) in [6.07, 6.45) is 0.726. The van der Waals surface area contributed by atoms with E-state index in [1.165, 1.54) is 12.1 Å². The van der Waals surface area contributed by atoms with Gasteiger partial charge in [0, 0.05) is 0 Å². The third-order valence-corrected chi connectivity index (χ3v) is 4.17. The van der Waals surface area contributed by atoms with Crippen LogP contribution in [0.25, 0.3) is 0 Å². The van der Waals surface area contributed by atoms with Gasteiger partial charge < -0.3 is 4.74 Å². The lowest BCUT2D eigenvalue weighted by molar-refractivity contribution is 0.152. The van der Waals surface area contributed by atoms with Crippen molar-refractivity contribution in [1.29, 1.82) is 5.26 Å². The number of nitriles is 1. The average Bonchev–Trinajstić information content (AvgIpc) is 2.38. The van der Waals surface area contributed by atoms with Crippen LogP contribution in [0.1, 0.15) is 18.9 Å². The van der Waals surface area contributed by atoms with E-state index in [-0.39, 0.29) is 17.3 Å². The Hall–Kier alpha value is -1.64. The Kier molecular flexibility index (Phi) is 5.74. The fourth-order valence-corrected chi connectivity index (χ4v) is 2.56. The standard InChI is InChI=1S/C14H17NO3S/c1-12(2)6-7-18-8-9-19(16,17)14-5-3-4-13(10-14)11-15/h3-5,10H,1,6-9H2,2H3. The van der Waals surface area contributed by atoms with Gasteiger partial charge in [-0.1, -0.05) is 11.6 Å². The zero-order chi connectivity index (χ0) is 14.3. The Morgan fingerprint density at radius 3 is 2.79 bits per heavy atom. The molecule has 0 spiro atoms. The predicted octanol–water partition coefficient (Wildman–Crippen LogP) is 2.31. The first-order chi connectivity index (χ1) is 8.95. The summed E-state index contributed by atoms with van der Waals surface area (Å²) in [6.45, 7) is 6.26. The Labute approximate surface area is 114 Å². The molecule has 0 aliphatic heterocycles. The van der Waals surface area contributed by atoms with Crippen LogP contribution in [0.2, 0.25) is 0 Å². The third-order valence-electron chi connectivity index (χ3n) is 2.49. The number of rotatable bonds is 7. The molecule has 0 saturated carbocycles. The van der Waals surface area contributed by atoms with Crippen molar-refractivity contribution in [3.63, 3.8) is 0 Å². The van der Waals surface area contributed by atoms with Crippen LogP contribution >= 0.6 is 0 Å². The van der Waals surface area contributed by atoms with E-state index in [0.717, 1.165) is 12.0 Å². The zero-order valence-corrected chi connectivity index (χ0v) is 11.7. The molecule has 102 valence electrons. The molecule has 0 heterocycles. The van der Waals surface area contributed by atoms with Gasteiger partial charge >= 0.3 is 0 Å². The lowest BCUT2D eigenvalue weighted by Gasteiger charge is -2.06. The first kappa shape index (κ1) is 15.4. The van der Waals surface area contributed by atoms with Gasteiger partial charge in [0.15, 0.2) is 9.84 Å². The number of benzene rings is 1. The number of ether oxygens (including phenoxy) is 1. The molecule has 0 N–H and O–H groups in total. The van der Waals surface area contributed by atoms with Crippen LogP contribution in [0.3, 0.4) is 0 Å². The first-order valence-electron chi connectivity index (χ1n) is 5.91. The highest BCUT2D eigenvalue weighted by atomic mass is 32.2. The van der Waals surface area contributed by atoms with Gasteiger partial charge in [-0.3, -0.25) is 0 Å². The summed E-state index contributed by atoms with van der Waals surface area (Å²) in [5.41, 5.74) is 1.34. The van der Waals surface area contributed by atoms with Gasteiger partial charge in [0.1, 0.15) is 0 Å². The van der Waals surface area contributed by atoms with Gasteiger partial charge in [0.05, 0.1) is 35.5 Å². The molecule has 0 saturated heterocycles. The number of hydrogen-bond donors (Lipinski definition) is 0. The van der Waals surface area contributed by atoms with Gasteiger partial charge in [-0.05, 0) is 31.5 Å². The van der Waals surface area contributed by atoms with Crippen molar-refractivity contribution >= 4 is 9.84 Å². The number of sulfone groups is 1. The second kappa shape index (κ2) is 7.07. The molecule has 0 amide bonds. The van der Waals surface area contributed by atoms with Crippen LogP contribution in [-0.4, -0.2) is 27.4 Å².